The van der Waals surface area contributed by atoms with Crippen LogP contribution in [0.4, 0.5) is 0 Å². The standard InChI is InChI=1S/C18H25BrN2O5S/c1-26-18(23)15-12-14(7-8-16(15)19)27(24,25)21-10-9-20-17(22)11-13-5-3-2-4-6-13/h7-8,12-13,21H,2-6,9-11H2,1H3,(H,20,22). The molecule has 0 saturated heterocycles. The second-order valence-corrected chi connectivity index (χ2v) is 9.21. The van der Waals surface area contributed by atoms with Crippen LogP contribution in [0.2, 0.25) is 0 Å². The average molecular weight is 461 g/mol. The average Bonchev–Trinajstić information content (AvgIpc) is 2.65. The Morgan fingerprint density at radius 1 is 1.19 bits per heavy atom. The van der Waals surface area contributed by atoms with Crippen LogP contribution in [-0.4, -0.2) is 40.5 Å². The predicted octanol–water partition coefficient (Wildman–Crippen LogP) is 2.60. The molecular formula is C18H25BrN2O5S. The van der Waals surface area contributed by atoms with E-state index in [0.29, 0.717) is 16.8 Å². The molecule has 1 aliphatic rings. The second-order valence-electron chi connectivity index (χ2n) is 6.59. The smallest absolute Gasteiger partial charge is 0.339 e. The summed E-state index contributed by atoms with van der Waals surface area (Å²) in [4.78, 5) is 23.6. The van der Waals surface area contributed by atoms with Gasteiger partial charge in [-0.25, -0.2) is 17.9 Å². The first-order chi connectivity index (χ1) is 12.8. The highest BCUT2D eigenvalue weighted by Gasteiger charge is 2.19. The van der Waals surface area contributed by atoms with Gasteiger partial charge in [-0.1, -0.05) is 19.3 Å². The van der Waals surface area contributed by atoms with Crippen molar-refractivity contribution in [1.29, 1.82) is 0 Å². The fourth-order valence-corrected chi connectivity index (χ4v) is 4.60. The predicted molar refractivity (Wildman–Crippen MR) is 105 cm³/mol. The Labute approximate surface area is 168 Å². The maximum absolute atomic E-state index is 12.4. The summed E-state index contributed by atoms with van der Waals surface area (Å²) in [6, 6.07) is 4.12. The largest absolute Gasteiger partial charge is 0.465 e. The quantitative estimate of drug-likeness (QED) is 0.458. The van der Waals surface area contributed by atoms with Gasteiger partial charge in [-0.2, -0.15) is 0 Å². The number of carbonyl (C=O) groups excluding carboxylic acids is 2. The minimum atomic E-state index is -3.80. The molecule has 1 saturated carbocycles. The first-order valence-corrected chi connectivity index (χ1v) is 11.3. The van der Waals surface area contributed by atoms with Crippen molar-refractivity contribution >= 4 is 37.8 Å². The van der Waals surface area contributed by atoms with Crippen molar-refractivity contribution in [3.8, 4) is 0 Å². The number of methoxy groups -OCH3 is 1. The molecule has 0 unspecified atom stereocenters. The Kier molecular flexibility index (Phi) is 8.25. The van der Waals surface area contributed by atoms with Gasteiger partial charge in [0.25, 0.3) is 0 Å². The molecule has 1 amide bonds. The molecule has 27 heavy (non-hydrogen) atoms. The molecule has 0 radical (unpaired) electrons. The summed E-state index contributed by atoms with van der Waals surface area (Å²) in [5.74, 6) is -0.235. The van der Waals surface area contributed by atoms with Crippen molar-refractivity contribution in [2.45, 2.75) is 43.4 Å². The van der Waals surface area contributed by atoms with Crippen LogP contribution >= 0.6 is 15.9 Å². The third-order valence-corrected chi connectivity index (χ3v) is 6.74. The van der Waals surface area contributed by atoms with Crippen molar-refractivity contribution < 1.29 is 22.7 Å². The molecule has 2 N–H and O–H groups in total. The number of benzene rings is 1. The van der Waals surface area contributed by atoms with Crippen LogP contribution in [0.25, 0.3) is 0 Å². The third-order valence-electron chi connectivity index (χ3n) is 4.59. The summed E-state index contributed by atoms with van der Waals surface area (Å²) < 4.78 is 32.3. The third kappa shape index (κ3) is 6.58. The molecule has 1 aromatic rings. The van der Waals surface area contributed by atoms with Gasteiger partial charge in [-0.15, -0.1) is 0 Å². The Bertz CT molecular complexity index is 776. The van der Waals surface area contributed by atoms with Crippen molar-refractivity contribution in [1.82, 2.24) is 10.0 Å². The Balaban J connectivity index is 1.84. The zero-order chi connectivity index (χ0) is 19.9. The van der Waals surface area contributed by atoms with Gasteiger partial charge in [0.1, 0.15) is 0 Å². The minimum absolute atomic E-state index is 0.0420. The molecule has 0 spiro atoms. The van der Waals surface area contributed by atoms with E-state index in [-0.39, 0.29) is 29.5 Å². The van der Waals surface area contributed by atoms with Crippen LogP contribution in [0.5, 0.6) is 0 Å². The highest BCUT2D eigenvalue weighted by molar-refractivity contribution is 9.10. The summed E-state index contributed by atoms with van der Waals surface area (Å²) in [5.41, 5.74) is 0.126. The van der Waals surface area contributed by atoms with E-state index in [1.165, 1.54) is 44.6 Å². The number of hydrogen-bond acceptors (Lipinski definition) is 5. The zero-order valence-electron chi connectivity index (χ0n) is 15.3. The van der Waals surface area contributed by atoms with Crippen LogP contribution in [-0.2, 0) is 19.6 Å². The van der Waals surface area contributed by atoms with Crippen LogP contribution in [0.3, 0.4) is 0 Å². The van der Waals surface area contributed by atoms with Crippen molar-refractivity contribution in [3.05, 3.63) is 28.2 Å². The van der Waals surface area contributed by atoms with Gasteiger partial charge in [-0.05, 0) is 52.9 Å². The first-order valence-electron chi connectivity index (χ1n) is 8.97. The van der Waals surface area contributed by atoms with Crippen molar-refractivity contribution in [2.75, 3.05) is 20.2 Å². The van der Waals surface area contributed by atoms with Gasteiger partial charge in [-0.3, -0.25) is 4.79 Å². The van der Waals surface area contributed by atoms with Crippen LogP contribution < -0.4 is 10.0 Å². The molecule has 1 aliphatic carbocycles. The SMILES string of the molecule is COC(=O)c1cc(S(=O)(=O)NCCNC(=O)CC2CCCCC2)ccc1Br. The number of esters is 1. The lowest BCUT2D eigenvalue weighted by Gasteiger charge is -2.20. The lowest BCUT2D eigenvalue weighted by atomic mass is 9.87. The summed E-state index contributed by atoms with van der Waals surface area (Å²) in [7, 11) is -2.57. The molecule has 0 bridgehead atoms. The molecule has 0 aliphatic heterocycles. The minimum Gasteiger partial charge on any atom is -0.465 e. The van der Waals surface area contributed by atoms with Gasteiger partial charge in [0.15, 0.2) is 0 Å². The Hall–Kier alpha value is -1.45. The van der Waals surface area contributed by atoms with Crippen LogP contribution in [0, 0.1) is 5.92 Å². The summed E-state index contributed by atoms with van der Waals surface area (Å²) in [6.45, 7) is 0.285. The molecule has 7 nitrogen and oxygen atoms in total. The molecule has 0 heterocycles. The van der Waals surface area contributed by atoms with E-state index in [1.54, 1.807) is 0 Å². The van der Waals surface area contributed by atoms with E-state index >= 15 is 0 Å². The molecular weight excluding hydrogens is 436 g/mol. The first kappa shape index (κ1) is 21.8. The van der Waals surface area contributed by atoms with E-state index in [9.17, 15) is 18.0 Å². The highest BCUT2D eigenvalue weighted by Crippen LogP contribution is 2.26. The number of rotatable bonds is 8. The second kappa shape index (κ2) is 10.2. The molecule has 1 fully saturated rings. The molecule has 150 valence electrons. The number of sulfonamides is 1. The fraction of sp³-hybridized carbons (Fsp3) is 0.556. The number of ether oxygens (including phenoxy) is 1. The maximum atomic E-state index is 12.4. The number of hydrogen-bond donors (Lipinski definition) is 2. The number of halogens is 1. The van der Waals surface area contributed by atoms with Gasteiger partial charge < -0.3 is 10.1 Å². The topological polar surface area (TPSA) is 102 Å². The zero-order valence-corrected chi connectivity index (χ0v) is 17.7. The van der Waals surface area contributed by atoms with Gasteiger partial charge in [0, 0.05) is 24.0 Å². The highest BCUT2D eigenvalue weighted by atomic mass is 79.9. The van der Waals surface area contributed by atoms with E-state index in [0.717, 1.165) is 12.8 Å². The van der Waals surface area contributed by atoms with Gasteiger partial charge in [0.2, 0.25) is 15.9 Å². The van der Waals surface area contributed by atoms with Gasteiger partial charge in [0.05, 0.1) is 17.6 Å². The number of amides is 1. The normalized spacial score (nSPS) is 15.3. The summed E-state index contributed by atoms with van der Waals surface area (Å²) in [6.07, 6.45) is 6.28. The molecule has 1 aromatic carbocycles. The van der Waals surface area contributed by atoms with E-state index in [4.69, 9.17) is 0 Å². The number of nitrogens with one attached hydrogen (secondary N) is 2. The van der Waals surface area contributed by atoms with Gasteiger partial charge >= 0.3 is 5.97 Å². The van der Waals surface area contributed by atoms with Crippen LogP contribution in [0.1, 0.15) is 48.9 Å². The molecule has 0 atom stereocenters. The summed E-state index contributed by atoms with van der Waals surface area (Å²) in [5, 5.41) is 2.75. The van der Waals surface area contributed by atoms with Crippen molar-refractivity contribution in [3.63, 3.8) is 0 Å². The van der Waals surface area contributed by atoms with E-state index in [1.807, 2.05) is 0 Å². The molecule has 9 heteroatoms. The lowest BCUT2D eigenvalue weighted by molar-refractivity contribution is -0.122. The van der Waals surface area contributed by atoms with Crippen LogP contribution in [0.15, 0.2) is 27.6 Å². The monoisotopic (exact) mass is 460 g/mol. The van der Waals surface area contributed by atoms with E-state index < -0.39 is 16.0 Å². The molecule has 2 rings (SSSR count). The number of carbonyl (C=O) groups is 2. The fourth-order valence-electron chi connectivity index (χ4n) is 3.13. The Morgan fingerprint density at radius 2 is 1.89 bits per heavy atom. The lowest BCUT2D eigenvalue weighted by Crippen LogP contribution is -2.35. The Morgan fingerprint density at radius 3 is 2.56 bits per heavy atom. The molecule has 0 aromatic heterocycles. The van der Waals surface area contributed by atoms with Crippen molar-refractivity contribution in [2.24, 2.45) is 5.92 Å². The van der Waals surface area contributed by atoms with E-state index in [2.05, 4.69) is 30.7 Å². The summed E-state index contributed by atoms with van der Waals surface area (Å²) >= 11 is 3.20. The maximum Gasteiger partial charge on any atom is 0.339 e.